The molecule has 0 unspecified atom stereocenters. The first-order chi connectivity index (χ1) is 16.8. The average Bonchev–Trinajstić information content (AvgIpc) is 2.83. The molecule has 1 N–H and O–H groups in total. The zero-order valence-corrected chi connectivity index (χ0v) is 20.8. The van der Waals surface area contributed by atoms with Crippen molar-refractivity contribution in [1.29, 1.82) is 0 Å². The highest BCUT2D eigenvalue weighted by Crippen LogP contribution is 2.29. The van der Waals surface area contributed by atoms with Crippen LogP contribution in [-0.2, 0) is 22.6 Å². The Labute approximate surface area is 211 Å². The number of carbonyl (C=O) groups excluding carboxylic acids is 1. The van der Waals surface area contributed by atoms with Crippen LogP contribution in [-0.4, -0.2) is 31.8 Å². The van der Waals surface area contributed by atoms with Gasteiger partial charge in [-0.3, -0.25) is 14.2 Å². The molecular formula is C26H23ClN4O3S. The summed E-state index contributed by atoms with van der Waals surface area (Å²) in [7, 11) is 0. The molecule has 0 aliphatic carbocycles. The fourth-order valence-corrected chi connectivity index (χ4v) is 4.87. The number of halogens is 1. The van der Waals surface area contributed by atoms with Gasteiger partial charge in [-0.25, -0.2) is 9.97 Å². The maximum absolute atomic E-state index is 13.6. The van der Waals surface area contributed by atoms with E-state index in [2.05, 4.69) is 5.32 Å². The number of amides is 1. The van der Waals surface area contributed by atoms with Gasteiger partial charge in [0.15, 0.2) is 10.8 Å². The Morgan fingerprint density at radius 2 is 1.89 bits per heavy atom. The van der Waals surface area contributed by atoms with Gasteiger partial charge in [-0.2, -0.15) is 0 Å². The molecule has 0 fully saturated rings. The average molecular weight is 507 g/mol. The molecule has 35 heavy (non-hydrogen) atoms. The lowest BCUT2D eigenvalue weighted by Gasteiger charge is -2.31. The maximum Gasteiger partial charge on any atom is 0.268 e. The van der Waals surface area contributed by atoms with E-state index in [0.29, 0.717) is 45.6 Å². The molecule has 3 heterocycles. The van der Waals surface area contributed by atoms with Gasteiger partial charge in [0.1, 0.15) is 0 Å². The van der Waals surface area contributed by atoms with E-state index in [9.17, 15) is 9.59 Å². The monoisotopic (exact) mass is 506 g/mol. The predicted octanol–water partition coefficient (Wildman–Crippen LogP) is 5.02. The van der Waals surface area contributed by atoms with Crippen molar-refractivity contribution >= 4 is 46.0 Å². The van der Waals surface area contributed by atoms with Gasteiger partial charge in [0.25, 0.3) is 5.56 Å². The molecule has 1 amide bonds. The quantitative estimate of drug-likeness (QED) is 0.302. The number of pyridine rings is 1. The van der Waals surface area contributed by atoms with E-state index in [-0.39, 0.29) is 22.8 Å². The van der Waals surface area contributed by atoms with E-state index in [4.69, 9.17) is 26.3 Å². The standard InChI is InChI=1S/C26H23ClN4O3S/c1-26(2)13-21-16(14-34-26)12-20-23(29-21)30-25(31(24(20)33)19-6-4-3-5-7-19)35-15-22(32)28-18-10-8-17(27)9-11-18/h3-12H,13-15H2,1-2H3,(H,28,32). The van der Waals surface area contributed by atoms with Crippen molar-refractivity contribution in [1.82, 2.24) is 14.5 Å². The van der Waals surface area contributed by atoms with Crippen molar-refractivity contribution < 1.29 is 9.53 Å². The summed E-state index contributed by atoms with van der Waals surface area (Å²) in [6.07, 6.45) is 0.633. The molecule has 9 heteroatoms. The Hall–Kier alpha value is -3.20. The minimum atomic E-state index is -0.329. The van der Waals surface area contributed by atoms with E-state index >= 15 is 0 Å². The molecule has 4 aromatic rings. The third kappa shape index (κ3) is 5.10. The molecule has 7 nitrogen and oxygen atoms in total. The van der Waals surface area contributed by atoms with Crippen molar-refractivity contribution in [3.8, 4) is 5.69 Å². The van der Waals surface area contributed by atoms with Crippen LogP contribution in [0.3, 0.4) is 0 Å². The first kappa shape index (κ1) is 23.5. The SMILES string of the molecule is CC1(C)Cc2nc3nc(SCC(=O)Nc4ccc(Cl)cc4)n(-c4ccccc4)c(=O)c3cc2CO1. The third-order valence-corrected chi connectivity index (χ3v) is 6.87. The number of nitrogens with one attached hydrogen (secondary N) is 1. The fraction of sp³-hybridized carbons (Fsp3) is 0.231. The van der Waals surface area contributed by atoms with Crippen LogP contribution in [0.25, 0.3) is 16.7 Å². The number of rotatable bonds is 5. The molecule has 2 aromatic carbocycles. The van der Waals surface area contributed by atoms with Crippen molar-refractivity contribution in [2.24, 2.45) is 0 Å². The Balaban J connectivity index is 1.52. The van der Waals surface area contributed by atoms with Crippen molar-refractivity contribution in [2.45, 2.75) is 37.6 Å². The number of carbonyl (C=O) groups is 1. The highest BCUT2D eigenvalue weighted by Gasteiger charge is 2.28. The van der Waals surface area contributed by atoms with Crippen molar-refractivity contribution in [3.63, 3.8) is 0 Å². The molecule has 0 spiro atoms. The number of benzene rings is 2. The summed E-state index contributed by atoms with van der Waals surface area (Å²) in [6.45, 7) is 4.43. The second kappa shape index (κ2) is 9.45. The predicted molar refractivity (Wildman–Crippen MR) is 139 cm³/mol. The number of hydrogen-bond donors (Lipinski definition) is 1. The Morgan fingerprint density at radius 3 is 2.63 bits per heavy atom. The molecular weight excluding hydrogens is 484 g/mol. The number of aromatic nitrogens is 3. The summed E-state index contributed by atoms with van der Waals surface area (Å²) in [5.41, 5.74) is 2.91. The summed E-state index contributed by atoms with van der Waals surface area (Å²) in [6, 6.07) is 18.0. The lowest BCUT2D eigenvalue weighted by Crippen LogP contribution is -2.33. The van der Waals surface area contributed by atoms with Crippen LogP contribution < -0.4 is 10.9 Å². The molecule has 0 atom stereocenters. The van der Waals surface area contributed by atoms with Gasteiger partial charge in [0.2, 0.25) is 5.91 Å². The topological polar surface area (TPSA) is 86.1 Å². The normalized spacial score (nSPS) is 14.5. The lowest BCUT2D eigenvalue weighted by atomic mass is 9.95. The lowest BCUT2D eigenvalue weighted by molar-refractivity contribution is -0.113. The molecule has 0 saturated heterocycles. The van der Waals surface area contributed by atoms with Crippen molar-refractivity contribution in [2.75, 3.05) is 11.1 Å². The van der Waals surface area contributed by atoms with E-state index in [1.54, 1.807) is 24.3 Å². The van der Waals surface area contributed by atoms with Crippen LogP contribution in [0, 0.1) is 0 Å². The van der Waals surface area contributed by atoms with E-state index < -0.39 is 0 Å². The molecule has 0 saturated carbocycles. The maximum atomic E-state index is 13.6. The largest absolute Gasteiger partial charge is 0.370 e. The molecule has 0 bridgehead atoms. The second-order valence-corrected chi connectivity index (χ2v) is 10.3. The summed E-state index contributed by atoms with van der Waals surface area (Å²) in [5.74, 6) is -0.150. The summed E-state index contributed by atoms with van der Waals surface area (Å²) < 4.78 is 7.45. The number of thioether (sulfide) groups is 1. The van der Waals surface area contributed by atoms with E-state index in [0.717, 1.165) is 11.3 Å². The Kier molecular flexibility index (Phi) is 6.35. The van der Waals surface area contributed by atoms with Crippen LogP contribution in [0.5, 0.6) is 0 Å². The zero-order chi connectivity index (χ0) is 24.6. The van der Waals surface area contributed by atoms with Gasteiger partial charge >= 0.3 is 0 Å². The number of ether oxygens (including phenoxy) is 1. The summed E-state index contributed by atoms with van der Waals surface area (Å²) >= 11 is 7.10. The number of anilines is 1. The van der Waals surface area contributed by atoms with Crippen LogP contribution >= 0.6 is 23.4 Å². The van der Waals surface area contributed by atoms with Crippen LogP contribution in [0.4, 0.5) is 5.69 Å². The first-order valence-corrected chi connectivity index (χ1v) is 12.5. The van der Waals surface area contributed by atoms with Crippen LogP contribution in [0.15, 0.2) is 70.6 Å². The molecule has 178 valence electrons. The summed E-state index contributed by atoms with van der Waals surface area (Å²) in [5, 5.41) is 4.25. The van der Waals surface area contributed by atoms with E-state index in [1.165, 1.54) is 16.3 Å². The smallest absolute Gasteiger partial charge is 0.268 e. The molecule has 0 radical (unpaired) electrons. The van der Waals surface area contributed by atoms with E-state index in [1.807, 2.05) is 50.2 Å². The third-order valence-electron chi connectivity index (χ3n) is 5.68. The number of hydrogen-bond acceptors (Lipinski definition) is 6. The number of fused-ring (bicyclic) bond motifs is 2. The first-order valence-electron chi connectivity index (χ1n) is 11.1. The zero-order valence-electron chi connectivity index (χ0n) is 19.2. The van der Waals surface area contributed by atoms with Gasteiger partial charge in [-0.1, -0.05) is 41.6 Å². The Bertz CT molecular complexity index is 1470. The van der Waals surface area contributed by atoms with Gasteiger partial charge in [0.05, 0.1) is 34.7 Å². The minimum Gasteiger partial charge on any atom is -0.370 e. The summed E-state index contributed by atoms with van der Waals surface area (Å²) in [4.78, 5) is 35.7. The second-order valence-electron chi connectivity index (χ2n) is 8.90. The van der Waals surface area contributed by atoms with Gasteiger partial charge in [0, 0.05) is 22.7 Å². The van der Waals surface area contributed by atoms with Crippen molar-refractivity contribution in [3.05, 3.63) is 87.3 Å². The number of nitrogens with zero attached hydrogens (tertiary/aromatic N) is 3. The molecule has 1 aliphatic heterocycles. The molecule has 1 aliphatic rings. The highest BCUT2D eigenvalue weighted by atomic mass is 35.5. The van der Waals surface area contributed by atoms with Crippen LogP contribution in [0.1, 0.15) is 25.1 Å². The molecule has 5 rings (SSSR count). The fourth-order valence-electron chi connectivity index (χ4n) is 3.94. The highest BCUT2D eigenvalue weighted by molar-refractivity contribution is 7.99. The van der Waals surface area contributed by atoms with Gasteiger partial charge in [-0.15, -0.1) is 0 Å². The minimum absolute atomic E-state index is 0.0687. The van der Waals surface area contributed by atoms with Crippen LogP contribution in [0.2, 0.25) is 5.02 Å². The van der Waals surface area contributed by atoms with Gasteiger partial charge in [-0.05, 0) is 56.3 Å². The Morgan fingerprint density at radius 1 is 1.14 bits per heavy atom. The van der Waals surface area contributed by atoms with Gasteiger partial charge < -0.3 is 10.1 Å². The number of para-hydroxylation sites is 1. The molecule has 2 aromatic heterocycles.